The number of piperidine rings is 1. The number of H-pyrrole nitrogens is 1. The molecule has 2 fully saturated rings. The van der Waals surface area contributed by atoms with Gasteiger partial charge in [-0.15, -0.1) is 0 Å². The van der Waals surface area contributed by atoms with E-state index in [9.17, 15) is 53.9 Å². The molecular formula is C46H50F6N12O11S. The first-order valence-electron chi connectivity index (χ1n) is 22.9. The van der Waals surface area contributed by atoms with E-state index in [1.54, 1.807) is 51.1 Å². The van der Waals surface area contributed by atoms with Crippen LogP contribution in [-0.4, -0.2) is 157 Å². The second-order valence-electron chi connectivity index (χ2n) is 18.2. The number of aryl methyl sites for hydroxylation is 1. The molecule has 0 bridgehead atoms. The number of hydrogen-bond donors (Lipinski definition) is 6. The SMILES string of the molecule is Cc1[nH]nc(Nc2ncnc3cc(OCCCN4CCN(c5ncc(C(=O)Nc6cccc7c6CN(C6CCC(=O)NC6=O)C7=O)cn5)CC4)c(S(=O)(=O)C(C)(C)C)cc23)c1C.O=C(O)C(F)(F)F.O=C(O)C(F)(F)F. The zero-order chi connectivity index (χ0) is 56.1. The van der Waals surface area contributed by atoms with Gasteiger partial charge in [0.15, 0.2) is 15.7 Å². The minimum Gasteiger partial charge on any atom is -0.492 e. The fourth-order valence-electron chi connectivity index (χ4n) is 7.68. The summed E-state index contributed by atoms with van der Waals surface area (Å²) in [6.07, 6.45) is -4.77. The first kappa shape index (κ1) is 57.3. The molecule has 1 unspecified atom stereocenters. The van der Waals surface area contributed by atoms with Gasteiger partial charge in [-0.05, 0) is 65.7 Å². The molecule has 0 aliphatic carbocycles. The number of aromatic nitrogens is 6. The lowest BCUT2D eigenvalue weighted by Gasteiger charge is -2.34. The largest absolute Gasteiger partial charge is 0.492 e. The molecule has 0 saturated carbocycles. The van der Waals surface area contributed by atoms with Crippen LogP contribution in [0.15, 0.2) is 53.9 Å². The number of carboxylic acids is 2. The topological polar surface area (TPSA) is 312 Å². The number of halogens is 6. The Bertz CT molecular complexity index is 3120. The second kappa shape index (κ2) is 22.8. The van der Waals surface area contributed by atoms with Crippen LogP contribution in [0.3, 0.4) is 0 Å². The highest BCUT2D eigenvalue weighted by Gasteiger charge is 2.41. The maximum absolute atomic E-state index is 13.9. The summed E-state index contributed by atoms with van der Waals surface area (Å²) >= 11 is 0. The van der Waals surface area contributed by atoms with Gasteiger partial charge in [0.05, 0.1) is 22.4 Å². The van der Waals surface area contributed by atoms with Crippen LogP contribution in [-0.2, 0) is 35.6 Å². The Morgan fingerprint density at radius 3 is 2.08 bits per heavy atom. The van der Waals surface area contributed by atoms with Crippen molar-refractivity contribution in [3.8, 4) is 5.75 Å². The number of sulfone groups is 1. The molecule has 6 heterocycles. The van der Waals surface area contributed by atoms with E-state index in [-0.39, 0.29) is 54.0 Å². The van der Waals surface area contributed by atoms with Gasteiger partial charge in [-0.25, -0.2) is 37.9 Å². The van der Waals surface area contributed by atoms with E-state index < -0.39 is 56.7 Å². The van der Waals surface area contributed by atoms with Gasteiger partial charge in [-0.1, -0.05) is 6.07 Å². The van der Waals surface area contributed by atoms with Crippen molar-refractivity contribution in [1.29, 1.82) is 0 Å². The quantitative estimate of drug-likeness (QED) is 0.0547. The predicted molar refractivity (Wildman–Crippen MR) is 256 cm³/mol. The zero-order valence-electron chi connectivity index (χ0n) is 41.1. The lowest BCUT2D eigenvalue weighted by atomic mass is 10.0. The number of alkyl halides is 6. The number of piperazine rings is 1. The molecule has 3 aromatic heterocycles. The molecule has 3 aliphatic heterocycles. The van der Waals surface area contributed by atoms with Gasteiger partial charge < -0.3 is 35.4 Å². The summed E-state index contributed by atoms with van der Waals surface area (Å²) in [5.74, 6) is -5.39. The van der Waals surface area contributed by atoms with Gasteiger partial charge in [0, 0.05) is 97.6 Å². The maximum atomic E-state index is 13.9. The number of nitrogens with one attached hydrogen (secondary N) is 4. The average molecular weight is 1090 g/mol. The third kappa shape index (κ3) is 13.4. The molecular weight excluding hydrogens is 1040 g/mol. The van der Waals surface area contributed by atoms with Gasteiger partial charge >= 0.3 is 24.3 Å². The number of imide groups is 1. The highest BCUT2D eigenvalue weighted by atomic mass is 32.2. The molecule has 408 valence electrons. The smallest absolute Gasteiger partial charge is 0.490 e. The van der Waals surface area contributed by atoms with E-state index in [0.29, 0.717) is 64.8 Å². The number of aromatic amines is 1. The second-order valence-corrected chi connectivity index (χ2v) is 20.9. The Morgan fingerprint density at radius 2 is 1.51 bits per heavy atom. The van der Waals surface area contributed by atoms with E-state index in [4.69, 9.17) is 24.5 Å². The number of nitrogens with zero attached hydrogens (tertiary/aromatic N) is 8. The number of rotatable bonds is 12. The van der Waals surface area contributed by atoms with Crippen LogP contribution in [0.2, 0.25) is 0 Å². The van der Waals surface area contributed by atoms with Gasteiger partial charge in [0.2, 0.25) is 17.8 Å². The van der Waals surface area contributed by atoms with E-state index in [0.717, 1.165) is 30.9 Å². The number of hydrogen-bond acceptors (Lipinski definition) is 17. The molecule has 2 saturated heterocycles. The molecule has 1 atom stereocenters. The van der Waals surface area contributed by atoms with Crippen molar-refractivity contribution in [2.24, 2.45) is 0 Å². The Morgan fingerprint density at radius 1 is 0.882 bits per heavy atom. The van der Waals surface area contributed by atoms with Crippen molar-refractivity contribution in [2.75, 3.05) is 54.9 Å². The number of aliphatic carboxylic acids is 2. The van der Waals surface area contributed by atoms with E-state index >= 15 is 0 Å². The molecule has 30 heteroatoms. The van der Waals surface area contributed by atoms with Gasteiger partial charge in [-0.3, -0.25) is 34.5 Å². The van der Waals surface area contributed by atoms with Crippen molar-refractivity contribution in [2.45, 2.75) is 88.5 Å². The minimum absolute atomic E-state index is 0.0702. The third-order valence-electron chi connectivity index (χ3n) is 12.0. The molecule has 0 spiro atoms. The standard InChI is InChI=1S/C42H48N12O7S.2C2HF3O2/c1-24-25(2)50-51-36(24)49-37-28-18-34(62(59,60)42(3,4)5)33(19-31(28)45-23-46-37)61-17-7-12-52-13-15-53(16-14-52)41-43-20-26(21-44-41)38(56)47-30-9-6-8-27-29(30)22-54(40(27)58)32-10-11-35(55)48-39(32)57;2*3-2(4,5)1(6)7/h6,8-9,18-21,23,32H,7,10-17,22H2,1-5H3,(H,47,56)(H,48,55,57)(H2,45,46,49,50,51);2*(H,6,7). The van der Waals surface area contributed by atoms with E-state index in [2.05, 4.69) is 51.0 Å². The fraction of sp³-hybridized carbons (Fsp3) is 0.413. The number of carbonyl (C=O) groups is 6. The lowest BCUT2D eigenvalue weighted by molar-refractivity contribution is -0.193. The molecule has 4 amide bonds. The number of anilines is 4. The Kier molecular flexibility index (Phi) is 17.2. The molecule has 5 aromatic rings. The number of benzene rings is 2. The molecule has 23 nitrogen and oxygen atoms in total. The number of carboxylic acid groups (broad SMARTS) is 2. The average Bonchev–Trinajstić information content (AvgIpc) is 3.86. The lowest BCUT2D eigenvalue weighted by Crippen LogP contribution is -2.52. The van der Waals surface area contributed by atoms with Crippen LogP contribution in [0.5, 0.6) is 5.75 Å². The zero-order valence-corrected chi connectivity index (χ0v) is 41.9. The maximum Gasteiger partial charge on any atom is 0.490 e. The van der Waals surface area contributed by atoms with Crippen LogP contribution in [0.1, 0.15) is 77.6 Å². The van der Waals surface area contributed by atoms with Crippen molar-refractivity contribution in [3.05, 3.63) is 77.0 Å². The van der Waals surface area contributed by atoms with Gasteiger partial charge in [0.1, 0.15) is 28.8 Å². The summed E-state index contributed by atoms with van der Waals surface area (Å²) < 4.78 is 96.4. The Labute approximate surface area is 428 Å². The van der Waals surface area contributed by atoms with Crippen LogP contribution in [0.25, 0.3) is 10.9 Å². The predicted octanol–water partition coefficient (Wildman–Crippen LogP) is 4.95. The highest BCUT2D eigenvalue weighted by Crippen LogP contribution is 2.38. The molecule has 2 aromatic carbocycles. The first-order valence-corrected chi connectivity index (χ1v) is 24.4. The summed E-state index contributed by atoms with van der Waals surface area (Å²) in [4.78, 5) is 92.1. The Balaban J connectivity index is 0.000000590. The highest BCUT2D eigenvalue weighted by molar-refractivity contribution is 7.92. The minimum atomic E-state index is -5.08. The summed E-state index contributed by atoms with van der Waals surface area (Å²) in [5.41, 5.74) is 4.03. The normalized spacial score (nSPS) is 16.2. The Hall–Kier alpha value is -8.02. The van der Waals surface area contributed by atoms with Crippen LogP contribution < -0.4 is 25.6 Å². The number of ether oxygens (including phenoxy) is 1. The molecule has 8 rings (SSSR count). The third-order valence-corrected chi connectivity index (χ3v) is 14.5. The molecule has 6 N–H and O–H groups in total. The van der Waals surface area contributed by atoms with Crippen molar-refractivity contribution < 1.29 is 78.5 Å². The van der Waals surface area contributed by atoms with Crippen LogP contribution >= 0.6 is 0 Å². The number of amides is 4. The van der Waals surface area contributed by atoms with Crippen LogP contribution in [0.4, 0.5) is 49.6 Å². The van der Waals surface area contributed by atoms with Crippen molar-refractivity contribution >= 4 is 79.6 Å². The summed E-state index contributed by atoms with van der Waals surface area (Å²) in [6.45, 7) is 12.7. The molecule has 76 heavy (non-hydrogen) atoms. The van der Waals surface area contributed by atoms with E-state index in [1.807, 2.05) is 18.7 Å². The monoisotopic (exact) mass is 1090 g/mol. The first-order chi connectivity index (χ1) is 35.5. The van der Waals surface area contributed by atoms with Gasteiger partial charge in [0.25, 0.3) is 11.8 Å². The molecule has 0 radical (unpaired) electrons. The number of fused-ring (bicyclic) bond motifs is 2. The van der Waals surface area contributed by atoms with E-state index in [1.165, 1.54) is 23.6 Å². The van der Waals surface area contributed by atoms with Crippen molar-refractivity contribution in [1.82, 2.24) is 45.2 Å². The molecule has 3 aliphatic rings. The number of carbonyl (C=O) groups excluding carboxylic acids is 4. The summed E-state index contributed by atoms with van der Waals surface area (Å²) in [5, 5.41) is 30.4. The van der Waals surface area contributed by atoms with Gasteiger partial charge in [-0.2, -0.15) is 31.4 Å². The fourth-order valence-corrected chi connectivity index (χ4v) is 8.99. The summed E-state index contributed by atoms with van der Waals surface area (Å²) in [7, 11) is -3.83. The van der Waals surface area contributed by atoms with Crippen LogP contribution in [0, 0.1) is 13.8 Å². The summed E-state index contributed by atoms with van der Waals surface area (Å²) in [6, 6.07) is 7.51. The van der Waals surface area contributed by atoms with Crippen molar-refractivity contribution in [3.63, 3.8) is 0 Å².